The van der Waals surface area contributed by atoms with E-state index in [1.165, 1.54) is 6.33 Å². The standard InChI is InChI=1S/C14H14BrN5O/c1-3-17-13-12(21-2)14(19-8-18-13)20-11-6-10(15)5-4-9(11)7-16/h4-6,8H,3H2,1-2H3,(H2,17,18,19,20). The Morgan fingerprint density at radius 2 is 2.10 bits per heavy atom. The van der Waals surface area contributed by atoms with E-state index in [1.54, 1.807) is 13.2 Å². The summed E-state index contributed by atoms with van der Waals surface area (Å²) in [6, 6.07) is 7.49. The summed E-state index contributed by atoms with van der Waals surface area (Å²) in [6.07, 6.45) is 1.44. The molecule has 0 radical (unpaired) electrons. The SMILES string of the molecule is CCNc1ncnc(Nc2cc(Br)ccc2C#N)c1OC. The van der Waals surface area contributed by atoms with Crippen molar-refractivity contribution < 1.29 is 4.74 Å². The van der Waals surface area contributed by atoms with Crippen LogP contribution in [0.4, 0.5) is 17.3 Å². The van der Waals surface area contributed by atoms with Gasteiger partial charge in [0.25, 0.3) is 0 Å². The molecular weight excluding hydrogens is 334 g/mol. The number of methoxy groups -OCH3 is 1. The molecule has 1 aromatic carbocycles. The van der Waals surface area contributed by atoms with E-state index in [9.17, 15) is 5.26 Å². The lowest BCUT2D eigenvalue weighted by atomic mass is 10.2. The Morgan fingerprint density at radius 1 is 1.33 bits per heavy atom. The molecule has 2 aromatic rings. The normalized spacial score (nSPS) is 9.81. The number of aromatic nitrogens is 2. The van der Waals surface area contributed by atoms with Gasteiger partial charge in [-0.1, -0.05) is 15.9 Å². The van der Waals surface area contributed by atoms with Gasteiger partial charge < -0.3 is 15.4 Å². The van der Waals surface area contributed by atoms with Gasteiger partial charge in [-0.15, -0.1) is 0 Å². The van der Waals surface area contributed by atoms with Crippen LogP contribution < -0.4 is 15.4 Å². The predicted octanol–water partition coefficient (Wildman–Crippen LogP) is 3.29. The van der Waals surface area contributed by atoms with E-state index in [0.717, 1.165) is 4.47 Å². The fraction of sp³-hybridized carbons (Fsp3) is 0.214. The summed E-state index contributed by atoms with van der Waals surface area (Å²) < 4.78 is 6.23. The molecule has 0 fully saturated rings. The van der Waals surface area contributed by atoms with Gasteiger partial charge in [-0.05, 0) is 25.1 Å². The first-order chi connectivity index (χ1) is 10.2. The molecule has 0 saturated heterocycles. The molecule has 0 amide bonds. The van der Waals surface area contributed by atoms with Crippen molar-refractivity contribution in [3.8, 4) is 11.8 Å². The molecule has 0 aliphatic carbocycles. The number of rotatable bonds is 5. The third-order valence-corrected chi connectivity index (χ3v) is 3.20. The summed E-state index contributed by atoms with van der Waals surface area (Å²) in [6.45, 7) is 2.68. The van der Waals surface area contributed by atoms with Crippen molar-refractivity contribution in [1.82, 2.24) is 9.97 Å². The Bertz CT molecular complexity index is 684. The molecule has 1 heterocycles. The fourth-order valence-corrected chi connectivity index (χ4v) is 2.16. The molecule has 21 heavy (non-hydrogen) atoms. The molecule has 108 valence electrons. The molecule has 7 heteroatoms. The maximum absolute atomic E-state index is 9.17. The highest BCUT2D eigenvalue weighted by atomic mass is 79.9. The Balaban J connectivity index is 2.42. The number of nitrogens with zero attached hydrogens (tertiary/aromatic N) is 3. The highest BCUT2D eigenvalue weighted by Crippen LogP contribution is 2.32. The van der Waals surface area contributed by atoms with Gasteiger partial charge in [-0.2, -0.15) is 5.26 Å². The number of hydrogen-bond acceptors (Lipinski definition) is 6. The van der Waals surface area contributed by atoms with Crippen LogP contribution in [0.2, 0.25) is 0 Å². The van der Waals surface area contributed by atoms with Crippen molar-refractivity contribution in [3.05, 3.63) is 34.6 Å². The molecule has 1 aromatic heterocycles. The second-order valence-electron chi connectivity index (χ2n) is 4.06. The molecule has 6 nitrogen and oxygen atoms in total. The van der Waals surface area contributed by atoms with Crippen molar-refractivity contribution in [2.75, 3.05) is 24.3 Å². The van der Waals surface area contributed by atoms with E-state index in [0.29, 0.717) is 35.2 Å². The van der Waals surface area contributed by atoms with Crippen LogP contribution in [0.3, 0.4) is 0 Å². The van der Waals surface area contributed by atoms with Gasteiger partial charge in [-0.3, -0.25) is 0 Å². The average Bonchev–Trinajstić information content (AvgIpc) is 2.48. The Hall–Kier alpha value is -2.33. The second kappa shape index (κ2) is 6.90. The quantitative estimate of drug-likeness (QED) is 0.863. The molecule has 0 saturated carbocycles. The topological polar surface area (TPSA) is 82.9 Å². The van der Waals surface area contributed by atoms with Gasteiger partial charge in [0.1, 0.15) is 12.4 Å². The zero-order chi connectivity index (χ0) is 15.2. The number of benzene rings is 1. The number of nitriles is 1. The van der Waals surface area contributed by atoms with Crippen LogP contribution in [-0.2, 0) is 0 Å². The molecule has 0 spiro atoms. The maximum Gasteiger partial charge on any atom is 0.204 e. The molecule has 0 atom stereocenters. The number of hydrogen-bond donors (Lipinski definition) is 2. The number of halogens is 1. The van der Waals surface area contributed by atoms with Crippen LogP contribution in [0, 0.1) is 11.3 Å². The van der Waals surface area contributed by atoms with E-state index < -0.39 is 0 Å². The summed E-state index contributed by atoms with van der Waals surface area (Å²) in [7, 11) is 1.55. The second-order valence-corrected chi connectivity index (χ2v) is 4.98. The summed E-state index contributed by atoms with van der Waals surface area (Å²) in [5, 5.41) is 15.4. The lowest BCUT2D eigenvalue weighted by Gasteiger charge is -2.14. The van der Waals surface area contributed by atoms with Gasteiger partial charge in [0, 0.05) is 11.0 Å². The van der Waals surface area contributed by atoms with Crippen LogP contribution in [0.25, 0.3) is 0 Å². The van der Waals surface area contributed by atoms with Gasteiger partial charge in [0.2, 0.25) is 5.75 Å². The van der Waals surface area contributed by atoms with Gasteiger partial charge in [0.05, 0.1) is 18.4 Å². The highest BCUT2D eigenvalue weighted by molar-refractivity contribution is 9.10. The predicted molar refractivity (Wildman–Crippen MR) is 84.9 cm³/mol. The van der Waals surface area contributed by atoms with Crippen LogP contribution in [0.15, 0.2) is 29.0 Å². The number of ether oxygens (including phenoxy) is 1. The minimum Gasteiger partial charge on any atom is -0.490 e. The maximum atomic E-state index is 9.17. The third-order valence-electron chi connectivity index (χ3n) is 2.71. The minimum absolute atomic E-state index is 0.498. The summed E-state index contributed by atoms with van der Waals surface area (Å²) in [5.41, 5.74) is 1.16. The molecule has 0 bridgehead atoms. The van der Waals surface area contributed by atoms with E-state index in [1.807, 2.05) is 19.1 Å². The van der Waals surface area contributed by atoms with Crippen molar-refractivity contribution in [2.24, 2.45) is 0 Å². The number of nitrogens with one attached hydrogen (secondary N) is 2. The summed E-state index contributed by atoms with van der Waals surface area (Å²) >= 11 is 3.39. The van der Waals surface area contributed by atoms with Gasteiger partial charge in [-0.25, -0.2) is 9.97 Å². The first-order valence-corrected chi connectivity index (χ1v) is 7.08. The van der Waals surface area contributed by atoms with Crippen LogP contribution in [0.5, 0.6) is 5.75 Å². The zero-order valence-corrected chi connectivity index (χ0v) is 13.2. The molecule has 0 aliphatic heterocycles. The smallest absolute Gasteiger partial charge is 0.204 e. The first kappa shape index (κ1) is 15.1. The van der Waals surface area contributed by atoms with Crippen LogP contribution in [0.1, 0.15) is 12.5 Å². The van der Waals surface area contributed by atoms with E-state index in [4.69, 9.17) is 4.74 Å². The Labute approximate surface area is 131 Å². The monoisotopic (exact) mass is 347 g/mol. The molecule has 0 unspecified atom stereocenters. The molecular formula is C14H14BrN5O. The molecule has 0 aliphatic rings. The molecule has 2 rings (SSSR count). The van der Waals surface area contributed by atoms with E-state index in [2.05, 4.69) is 42.6 Å². The van der Waals surface area contributed by atoms with E-state index >= 15 is 0 Å². The summed E-state index contributed by atoms with van der Waals surface area (Å²) in [5.74, 6) is 1.60. The van der Waals surface area contributed by atoms with Crippen LogP contribution >= 0.6 is 15.9 Å². The van der Waals surface area contributed by atoms with Gasteiger partial charge in [0.15, 0.2) is 11.6 Å². The van der Waals surface area contributed by atoms with Crippen molar-refractivity contribution in [3.63, 3.8) is 0 Å². The summed E-state index contributed by atoms with van der Waals surface area (Å²) in [4.78, 5) is 8.32. The Kier molecular flexibility index (Phi) is 4.95. The zero-order valence-electron chi connectivity index (χ0n) is 11.6. The average molecular weight is 348 g/mol. The first-order valence-electron chi connectivity index (χ1n) is 6.29. The fourth-order valence-electron chi connectivity index (χ4n) is 1.79. The van der Waals surface area contributed by atoms with Crippen molar-refractivity contribution in [1.29, 1.82) is 5.26 Å². The lowest BCUT2D eigenvalue weighted by Crippen LogP contribution is -2.06. The van der Waals surface area contributed by atoms with E-state index in [-0.39, 0.29) is 0 Å². The van der Waals surface area contributed by atoms with Crippen molar-refractivity contribution >= 4 is 33.3 Å². The number of anilines is 3. The van der Waals surface area contributed by atoms with Crippen molar-refractivity contribution in [2.45, 2.75) is 6.92 Å². The van der Waals surface area contributed by atoms with Crippen LogP contribution in [-0.4, -0.2) is 23.6 Å². The third kappa shape index (κ3) is 3.41. The Morgan fingerprint density at radius 3 is 2.76 bits per heavy atom. The van der Waals surface area contributed by atoms with Gasteiger partial charge >= 0.3 is 0 Å². The minimum atomic E-state index is 0.498. The largest absolute Gasteiger partial charge is 0.490 e. The molecule has 2 N–H and O–H groups in total. The highest BCUT2D eigenvalue weighted by Gasteiger charge is 2.13. The lowest BCUT2D eigenvalue weighted by molar-refractivity contribution is 0.415.